The molecule has 4 nitrogen and oxygen atoms in total. The van der Waals surface area contributed by atoms with Crippen molar-refractivity contribution in [2.24, 2.45) is 0 Å². The van der Waals surface area contributed by atoms with Crippen LogP contribution < -0.4 is 14.8 Å². The van der Waals surface area contributed by atoms with Crippen LogP contribution in [0, 0.1) is 0 Å². The van der Waals surface area contributed by atoms with Gasteiger partial charge in [-0.2, -0.15) is 0 Å². The molecule has 0 saturated heterocycles. The molecule has 4 heteroatoms. The highest BCUT2D eigenvalue weighted by atomic mass is 16.5. The highest BCUT2D eigenvalue weighted by Gasteiger charge is 2.16. The average molecular weight is 238 g/mol. The number of hydrogen-bond acceptors (Lipinski definition) is 4. The van der Waals surface area contributed by atoms with E-state index in [4.69, 9.17) is 9.47 Å². The minimum Gasteiger partial charge on any atom is -0.497 e. The summed E-state index contributed by atoms with van der Waals surface area (Å²) < 4.78 is 10.7. The summed E-state index contributed by atoms with van der Waals surface area (Å²) in [6, 6.07) is 6.08. The van der Waals surface area contributed by atoms with Crippen molar-refractivity contribution in [2.45, 2.75) is 6.04 Å². The Morgan fingerprint density at radius 1 is 1.24 bits per heavy atom. The van der Waals surface area contributed by atoms with Crippen LogP contribution >= 0.6 is 0 Å². The van der Waals surface area contributed by atoms with Crippen LogP contribution in [0.3, 0.4) is 0 Å². The maximum atomic E-state index is 5.40. The molecule has 96 valence electrons. The summed E-state index contributed by atoms with van der Waals surface area (Å²) in [6.45, 7) is 0.903. The summed E-state index contributed by atoms with van der Waals surface area (Å²) >= 11 is 0. The molecule has 0 aromatic heterocycles. The zero-order valence-corrected chi connectivity index (χ0v) is 11.3. The fourth-order valence-electron chi connectivity index (χ4n) is 1.82. The molecule has 0 fully saturated rings. The molecule has 0 aliphatic rings. The maximum absolute atomic E-state index is 5.40. The van der Waals surface area contributed by atoms with E-state index >= 15 is 0 Å². The van der Waals surface area contributed by atoms with E-state index in [9.17, 15) is 0 Å². The van der Waals surface area contributed by atoms with Crippen molar-refractivity contribution in [3.63, 3.8) is 0 Å². The predicted molar refractivity (Wildman–Crippen MR) is 69.9 cm³/mol. The third-order valence-corrected chi connectivity index (χ3v) is 2.71. The quantitative estimate of drug-likeness (QED) is 0.815. The zero-order chi connectivity index (χ0) is 12.8. The highest BCUT2D eigenvalue weighted by Crippen LogP contribution is 2.29. The van der Waals surface area contributed by atoms with Gasteiger partial charge < -0.3 is 19.7 Å². The largest absolute Gasteiger partial charge is 0.497 e. The molecular formula is C13H22N2O2. The number of rotatable bonds is 6. The standard InChI is InChI=1S/C13H22N2O2/c1-14-12(9-15(2)3)11-8-10(16-4)6-7-13(11)17-5/h6-8,12,14H,9H2,1-5H3. The molecule has 0 amide bonds. The first kappa shape index (κ1) is 13.8. The van der Waals surface area contributed by atoms with Crippen LogP contribution in [-0.2, 0) is 0 Å². The van der Waals surface area contributed by atoms with Crippen molar-refractivity contribution in [1.29, 1.82) is 0 Å². The maximum Gasteiger partial charge on any atom is 0.123 e. The number of nitrogens with one attached hydrogen (secondary N) is 1. The van der Waals surface area contributed by atoms with E-state index in [1.807, 2.05) is 25.2 Å². The second kappa shape index (κ2) is 6.47. The molecule has 1 unspecified atom stereocenters. The number of nitrogens with zero attached hydrogens (tertiary/aromatic N) is 1. The number of likely N-dealkylation sites (N-methyl/N-ethyl adjacent to an activating group) is 2. The molecule has 1 aromatic rings. The molecule has 1 N–H and O–H groups in total. The van der Waals surface area contributed by atoms with Crippen LogP contribution in [0.4, 0.5) is 0 Å². The lowest BCUT2D eigenvalue weighted by atomic mass is 10.0. The summed E-state index contributed by atoms with van der Waals surface area (Å²) in [4.78, 5) is 2.14. The fourth-order valence-corrected chi connectivity index (χ4v) is 1.82. The van der Waals surface area contributed by atoms with Crippen molar-refractivity contribution >= 4 is 0 Å². The first-order valence-corrected chi connectivity index (χ1v) is 5.66. The van der Waals surface area contributed by atoms with Crippen molar-refractivity contribution < 1.29 is 9.47 Å². The third kappa shape index (κ3) is 3.61. The van der Waals surface area contributed by atoms with Gasteiger partial charge in [0.05, 0.1) is 14.2 Å². The monoisotopic (exact) mass is 238 g/mol. The van der Waals surface area contributed by atoms with Crippen molar-refractivity contribution in [1.82, 2.24) is 10.2 Å². The minimum absolute atomic E-state index is 0.218. The van der Waals surface area contributed by atoms with Crippen molar-refractivity contribution in [3.05, 3.63) is 23.8 Å². The van der Waals surface area contributed by atoms with E-state index in [2.05, 4.69) is 24.3 Å². The fraction of sp³-hybridized carbons (Fsp3) is 0.538. The Morgan fingerprint density at radius 3 is 2.41 bits per heavy atom. The molecule has 0 aliphatic carbocycles. The molecule has 1 rings (SSSR count). The van der Waals surface area contributed by atoms with Crippen LogP contribution in [0.2, 0.25) is 0 Å². The van der Waals surface area contributed by atoms with Crippen LogP contribution in [0.25, 0.3) is 0 Å². The first-order chi connectivity index (χ1) is 8.12. The molecular weight excluding hydrogens is 216 g/mol. The van der Waals surface area contributed by atoms with E-state index in [1.54, 1.807) is 14.2 Å². The van der Waals surface area contributed by atoms with Gasteiger partial charge in [-0.1, -0.05) is 0 Å². The van der Waals surface area contributed by atoms with Gasteiger partial charge in [0.2, 0.25) is 0 Å². The Hall–Kier alpha value is -1.26. The molecule has 0 spiro atoms. The smallest absolute Gasteiger partial charge is 0.123 e. The van der Waals surface area contributed by atoms with Gasteiger partial charge in [0, 0.05) is 18.2 Å². The third-order valence-electron chi connectivity index (χ3n) is 2.71. The van der Waals surface area contributed by atoms with E-state index in [1.165, 1.54) is 0 Å². The highest BCUT2D eigenvalue weighted by molar-refractivity contribution is 5.42. The molecule has 0 aliphatic heterocycles. The molecule has 1 aromatic carbocycles. The lowest BCUT2D eigenvalue weighted by Gasteiger charge is -2.23. The molecule has 0 bridgehead atoms. The number of methoxy groups -OCH3 is 2. The Labute approximate surface area is 104 Å². The Kier molecular flexibility index (Phi) is 5.25. The summed E-state index contributed by atoms with van der Waals surface area (Å²) in [7, 11) is 9.42. The lowest BCUT2D eigenvalue weighted by Crippen LogP contribution is -2.29. The van der Waals surface area contributed by atoms with Gasteiger partial charge in [0.1, 0.15) is 11.5 Å². The second-order valence-corrected chi connectivity index (χ2v) is 4.21. The van der Waals surface area contributed by atoms with Gasteiger partial charge in [0.15, 0.2) is 0 Å². The summed E-state index contributed by atoms with van der Waals surface area (Å²) in [5, 5.41) is 3.30. The topological polar surface area (TPSA) is 33.7 Å². The summed E-state index contributed by atoms with van der Waals surface area (Å²) in [5.74, 6) is 1.73. The van der Waals surface area contributed by atoms with Gasteiger partial charge in [-0.15, -0.1) is 0 Å². The molecule has 0 heterocycles. The Morgan fingerprint density at radius 2 is 1.94 bits per heavy atom. The van der Waals surface area contributed by atoms with Crippen LogP contribution in [0.1, 0.15) is 11.6 Å². The van der Waals surface area contributed by atoms with Gasteiger partial charge in [0.25, 0.3) is 0 Å². The SMILES string of the molecule is CNC(CN(C)C)c1cc(OC)ccc1OC. The van der Waals surface area contributed by atoms with E-state index in [0.29, 0.717) is 0 Å². The Bertz CT molecular complexity index is 353. The zero-order valence-electron chi connectivity index (χ0n) is 11.3. The number of benzene rings is 1. The average Bonchev–Trinajstić information content (AvgIpc) is 2.34. The van der Waals surface area contributed by atoms with Crippen molar-refractivity contribution in [2.75, 3.05) is 41.9 Å². The van der Waals surface area contributed by atoms with E-state index in [-0.39, 0.29) is 6.04 Å². The van der Waals surface area contributed by atoms with E-state index in [0.717, 1.165) is 23.6 Å². The van der Waals surface area contributed by atoms with Gasteiger partial charge in [-0.25, -0.2) is 0 Å². The second-order valence-electron chi connectivity index (χ2n) is 4.21. The van der Waals surface area contributed by atoms with E-state index < -0.39 is 0 Å². The summed E-state index contributed by atoms with van der Waals surface area (Å²) in [6.07, 6.45) is 0. The van der Waals surface area contributed by atoms with Crippen LogP contribution in [-0.4, -0.2) is 46.8 Å². The number of hydrogen-bond donors (Lipinski definition) is 1. The molecule has 0 radical (unpaired) electrons. The lowest BCUT2D eigenvalue weighted by molar-refractivity contribution is 0.339. The van der Waals surface area contributed by atoms with Crippen molar-refractivity contribution in [3.8, 4) is 11.5 Å². The van der Waals surface area contributed by atoms with Gasteiger partial charge >= 0.3 is 0 Å². The minimum atomic E-state index is 0.218. The summed E-state index contributed by atoms with van der Waals surface area (Å²) in [5.41, 5.74) is 1.11. The Balaban J connectivity index is 3.05. The van der Waals surface area contributed by atoms with Crippen LogP contribution in [0.5, 0.6) is 11.5 Å². The predicted octanol–water partition coefficient (Wildman–Crippen LogP) is 1.53. The first-order valence-electron chi connectivity index (χ1n) is 5.66. The van der Waals surface area contributed by atoms with Gasteiger partial charge in [-0.05, 0) is 39.3 Å². The molecule has 1 atom stereocenters. The van der Waals surface area contributed by atoms with Gasteiger partial charge in [-0.3, -0.25) is 0 Å². The molecule has 17 heavy (non-hydrogen) atoms. The van der Waals surface area contributed by atoms with Crippen LogP contribution in [0.15, 0.2) is 18.2 Å². The number of ether oxygens (including phenoxy) is 2. The normalized spacial score (nSPS) is 12.6. The molecule has 0 saturated carbocycles.